The highest BCUT2D eigenvalue weighted by molar-refractivity contribution is 7.09. The van der Waals surface area contributed by atoms with Crippen LogP contribution in [0.25, 0.3) is 5.65 Å². The normalized spacial score (nSPS) is 11.0. The van der Waals surface area contributed by atoms with Crippen LogP contribution >= 0.6 is 11.3 Å². The Labute approximate surface area is 96.6 Å². The Morgan fingerprint density at radius 2 is 2.19 bits per heavy atom. The predicted molar refractivity (Wildman–Crippen MR) is 64.0 cm³/mol. The van der Waals surface area contributed by atoms with Crippen LogP contribution in [0.15, 0.2) is 42.0 Å². The molecule has 0 radical (unpaired) electrons. The molecule has 0 amide bonds. The number of imidazole rings is 1. The second-order valence-electron chi connectivity index (χ2n) is 3.64. The van der Waals surface area contributed by atoms with E-state index >= 15 is 0 Å². The molecule has 0 saturated heterocycles. The van der Waals surface area contributed by atoms with Crippen molar-refractivity contribution in [2.24, 2.45) is 0 Å². The summed E-state index contributed by atoms with van der Waals surface area (Å²) in [4.78, 5) is 5.79. The third-order valence-corrected chi connectivity index (χ3v) is 3.30. The van der Waals surface area contributed by atoms with Crippen LogP contribution in [0.2, 0.25) is 0 Å². The Kier molecular flexibility index (Phi) is 2.15. The Morgan fingerprint density at radius 3 is 3.00 bits per heavy atom. The summed E-state index contributed by atoms with van der Waals surface area (Å²) < 4.78 is 1.85. The standard InChI is InChI=1S/C12H10N2OS/c15-10-3-4-12-13-9(7-14(12)8-10)6-11-2-1-5-16-11/h1-5,7-8,15H,6H2. The van der Waals surface area contributed by atoms with Gasteiger partial charge in [-0.05, 0) is 23.6 Å². The van der Waals surface area contributed by atoms with Crippen molar-refractivity contribution in [1.29, 1.82) is 0 Å². The van der Waals surface area contributed by atoms with Crippen molar-refractivity contribution in [3.8, 4) is 5.75 Å². The smallest absolute Gasteiger partial charge is 0.137 e. The summed E-state index contributed by atoms with van der Waals surface area (Å²) in [5.41, 5.74) is 1.89. The van der Waals surface area contributed by atoms with E-state index in [9.17, 15) is 5.11 Å². The Bertz CT molecular complexity index is 613. The van der Waals surface area contributed by atoms with Gasteiger partial charge in [0.25, 0.3) is 0 Å². The van der Waals surface area contributed by atoms with Gasteiger partial charge in [0.1, 0.15) is 11.4 Å². The average Bonchev–Trinajstić information content (AvgIpc) is 2.86. The maximum atomic E-state index is 9.35. The van der Waals surface area contributed by atoms with E-state index in [0.29, 0.717) is 0 Å². The molecule has 0 unspecified atom stereocenters. The van der Waals surface area contributed by atoms with Crippen LogP contribution in [0.4, 0.5) is 0 Å². The van der Waals surface area contributed by atoms with E-state index in [-0.39, 0.29) is 5.75 Å². The van der Waals surface area contributed by atoms with Crippen LogP contribution in [0.5, 0.6) is 5.75 Å². The van der Waals surface area contributed by atoms with Gasteiger partial charge in [0.2, 0.25) is 0 Å². The first-order valence-electron chi connectivity index (χ1n) is 5.00. The molecule has 3 nitrogen and oxygen atoms in total. The summed E-state index contributed by atoms with van der Waals surface area (Å²) in [6.07, 6.45) is 4.47. The molecular formula is C12H10N2OS. The van der Waals surface area contributed by atoms with E-state index in [2.05, 4.69) is 16.4 Å². The summed E-state index contributed by atoms with van der Waals surface area (Å²) >= 11 is 1.73. The third-order valence-electron chi connectivity index (χ3n) is 2.42. The second-order valence-corrected chi connectivity index (χ2v) is 4.67. The number of aromatic nitrogens is 2. The molecule has 4 heteroatoms. The minimum absolute atomic E-state index is 0.257. The lowest BCUT2D eigenvalue weighted by atomic mass is 10.3. The molecule has 80 valence electrons. The molecular weight excluding hydrogens is 220 g/mol. The molecule has 0 aliphatic heterocycles. The first-order valence-corrected chi connectivity index (χ1v) is 5.88. The zero-order chi connectivity index (χ0) is 11.0. The Balaban J connectivity index is 1.99. The van der Waals surface area contributed by atoms with Gasteiger partial charge in [0.15, 0.2) is 0 Å². The number of aromatic hydroxyl groups is 1. The number of hydrogen-bond donors (Lipinski definition) is 1. The van der Waals surface area contributed by atoms with Gasteiger partial charge in [-0.25, -0.2) is 4.98 Å². The minimum atomic E-state index is 0.257. The maximum absolute atomic E-state index is 9.35. The van der Waals surface area contributed by atoms with E-state index < -0.39 is 0 Å². The number of fused-ring (bicyclic) bond motifs is 1. The Hall–Kier alpha value is -1.81. The summed E-state index contributed by atoms with van der Waals surface area (Å²) in [5, 5.41) is 11.4. The van der Waals surface area contributed by atoms with Crippen molar-refractivity contribution in [3.63, 3.8) is 0 Å². The van der Waals surface area contributed by atoms with Gasteiger partial charge in [-0.15, -0.1) is 11.3 Å². The van der Waals surface area contributed by atoms with Crippen LogP contribution in [0, 0.1) is 0 Å². The van der Waals surface area contributed by atoms with Crippen molar-refractivity contribution in [2.75, 3.05) is 0 Å². The zero-order valence-corrected chi connectivity index (χ0v) is 9.31. The molecule has 3 aromatic rings. The second kappa shape index (κ2) is 3.64. The highest BCUT2D eigenvalue weighted by Crippen LogP contribution is 2.16. The van der Waals surface area contributed by atoms with Gasteiger partial charge < -0.3 is 9.51 Å². The first kappa shape index (κ1) is 9.42. The van der Waals surface area contributed by atoms with Crippen molar-refractivity contribution < 1.29 is 5.11 Å². The van der Waals surface area contributed by atoms with Crippen LogP contribution in [-0.4, -0.2) is 14.5 Å². The molecule has 0 aliphatic carbocycles. The summed E-state index contributed by atoms with van der Waals surface area (Å²) in [7, 11) is 0. The summed E-state index contributed by atoms with van der Waals surface area (Å²) in [6.45, 7) is 0. The maximum Gasteiger partial charge on any atom is 0.137 e. The molecule has 0 fully saturated rings. The molecule has 0 atom stereocenters. The van der Waals surface area contributed by atoms with Gasteiger partial charge >= 0.3 is 0 Å². The van der Waals surface area contributed by atoms with E-state index in [4.69, 9.17) is 0 Å². The third kappa shape index (κ3) is 1.67. The number of hydrogen-bond acceptors (Lipinski definition) is 3. The van der Waals surface area contributed by atoms with E-state index in [1.807, 2.05) is 22.7 Å². The molecule has 3 aromatic heterocycles. The Morgan fingerprint density at radius 1 is 1.25 bits per heavy atom. The highest BCUT2D eigenvalue weighted by Gasteiger charge is 2.03. The molecule has 1 N–H and O–H groups in total. The molecule has 3 heterocycles. The molecule has 0 saturated carbocycles. The SMILES string of the molecule is Oc1ccc2nc(Cc3cccs3)cn2c1. The van der Waals surface area contributed by atoms with Crippen LogP contribution in [-0.2, 0) is 6.42 Å². The fourth-order valence-electron chi connectivity index (χ4n) is 1.71. The lowest BCUT2D eigenvalue weighted by Crippen LogP contribution is -1.82. The summed E-state index contributed by atoms with van der Waals surface area (Å²) in [5.74, 6) is 0.257. The zero-order valence-electron chi connectivity index (χ0n) is 8.50. The van der Waals surface area contributed by atoms with Crippen LogP contribution in [0.3, 0.4) is 0 Å². The fraction of sp³-hybridized carbons (Fsp3) is 0.0833. The number of pyridine rings is 1. The van der Waals surface area contributed by atoms with Crippen molar-refractivity contribution in [1.82, 2.24) is 9.38 Å². The largest absolute Gasteiger partial charge is 0.506 e. The van der Waals surface area contributed by atoms with Crippen LogP contribution in [0.1, 0.15) is 10.6 Å². The van der Waals surface area contributed by atoms with Crippen LogP contribution < -0.4 is 0 Å². The molecule has 0 aliphatic rings. The fourth-order valence-corrected chi connectivity index (χ4v) is 2.43. The lowest BCUT2D eigenvalue weighted by Gasteiger charge is -1.92. The van der Waals surface area contributed by atoms with Gasteiger partial charge in [0, 0.05) is 17.5 Å². The monoisotopic (exact) mass is 230 g/mol. The molecule has 3 rings (SSSR count). The van der Waals surface area contributed by atoms with E-state index in [0.717, 1.165) is 17.8 Å². The molecule has 0 bridgehead atoms. The topological polar surface area (TPSA) is 37.5 Å². The quantitative estimate of drug-likeness (QED) is 0.735. The van der Waals surface area contributed by atoms with Crippen molar-refractivity contribution >= 4 is 17.0 Å². The predicted octanol–water partition coefficient (Wildman–Crippen LogP) is 2.69. The highest BCUT2D eigenvalue weighted by atomic mass is 32.1. The van der Waals surface area contributed by atoms with Gasteiger partial charge in [0.05, 0.1) is 11.9 Å². The average molecular weight is 230 g/mol. The van der Waals surface area contributed by atoms with Crippen molar-refractivity contribution in [3.05, 3.63) is 52.6 Å². The number of rotatable bonds is 2. The van der Waals surface area contributed by atoms with Gasteiger partial charge in [-0.2, -0.15) is 0 Å². The van der Waals surface area contributed by atoms with Crippen molar-refractivity contribution in [2.45, 2.75) is 6.42 Å². The number of nitrogens with zero attached hydrogens (tertiary/aromatic N) is 2. The molecule has 0 spiro atoms. The lowest BCUT2D eigenvalue weighted by molar-refractivity contribution is 0.472. The first-order chi connectivity index (χ1) is 7.81. The number of thiophene rings is 1. The van der Waals surface area contributed by atoms with Gasteiger partial charge in [-0.1, -0.05) is 6.07 Å². The van der Waals surface area contributed by atoms with Gasteiger partial charge in [-0.3, -0.25) is 0 Å². The van der Waals surface area contributed by atoms with E-state index in [1.165, 1.54) is 4.88 Å². The molecule has 16 heavy (non-hydrogen) atoms. The molecule has 0 aromatic carbocycles. The summed E-state index contributed by atoms with van der Waals surface area (Å²) in [6, 6.07) is 7.61. The van der Waals surface area contributed by atoms with E-state index in [1.54, 1.807) is 23.6 Å². The minimum Gasteiger partial charge on any atom is -0.506 e.